The number of fused-ring (bicyclic) bond motifs is 2. The highest BCUT2D eigenvalue weighted by Gasteiger charge is 2.21. The van der Waals surface area contributed by atoms with E-state index in [1.54, 1.807) is 17.6 Å². The highest BCUT2D eigenvalue weighted by molar-refractivity contribution is 5.96. The Labute approximate surface area is 466 Å². The van der Waals surface area contributed by atoms with Gasteiger partial charge in [-0.3, -0.25) is 15.1 Å². The van der Waals surface area contributed by atoms with Crippen molar-refractivity contribution in [1.82, 2.24) is 29.0 Å². The summed E-state index contributed by atoms with van der Waals surface area (Å²) in [6, 6.07) is 39.1. The molecule has 0 saturated carbocycles. The number of carboxylic acid groups (broad SMARTS) is 1. The van der Waals surface area contributed by atoms with Crippen molar-refractivity contribution >= 4 is 51.5 Å². The maximum Gasteiger partial charge on any atom is 0.411 e. The summed E-state index contributed by atoms with van der Waals surface area (Å²) in [5.41, 5.74) is 8.73. The van der Waals surface area contributed by atoms with Crippen LogP contribution in [-0.4, -0.2) is 130 Å². The number of anilines is 5. The summed E-state index contributed by atoms with van der Waals surface area (Å²) >= 11 is 0. The Balaban J connectivity index is 0.000000223. The number of nitrogens with zero attached hydrogens (tertiary/aromatic N) is 8. The highest BCUT2D eigenvalue weighted by Crippen LogP contribution is 2.34. The minimum Gasteiger partial charge on any atom is -0.489 e. The Kier molecular flexibility index (Phi) is 22.7. The summed E-state index contributed by atoms with van der Waals surface area (Å²) < 4.78 is 30.6. The fourth-order valence-corrected chi connectivity index (χ4v) is 8.58. The maximum absolute atomic E-state index is 12.5. The number of aromatic carboxylic acids is 1. The molecule has 6 heterocycles. The van der Waals surface area contributed by atoms with Crippen LogP contribution in [0.15, 0.2) is 134 Å². The van der Waals surface area contributed by atoms with Crippen LogP contribution in [0.5, 0.6) is 11.5 Å². The van der Waals surface area contributed by atoms with Crippen molar-refractivity contribution in [2.45, 2.75) is 41.9 Å². The van der Waals surface area contributed by atoms with Gasteiger partial charge >= 0.3 is 12.1 Å². The van der Waals surface area contributed by atoms with Crippen molar-refractivity contribution < 1.29 is 43.5 Å². The molecule has 5 N–H and O–H groups in total. The smallest absolute Gasteiger partial charge is 0.411 e. The molecular weight excluding hydrogens is 1020 g/mol. The molecule has 4 aromatic carbocycles. The Morgan fingerprint density at radius 3 is 1.54 bits per heavy atom. The predicted octanol–water partition coefficient (Wildman–Crippen LogP) is 9.84. The number of hydrogen-bond acceptors (Lipinski definition) is 16. The van der Waals surface area contributed by atoms with E-state index in [1.165, 1.54) is 23.1 Å². The maximum atomic E-state index is 12.5. The zero-order valence-electron chi connectivity index (χ0n) is 43.4. The molecule has 0 aliphatic carbocycles. The lowest BCUT2D eigenvalue weighted by atomic mass is 10.1. The summed E-state index contributed by atoms with van der Waals surface area (Å²) in [7, 11) is 0. The second kappa shape index (κ2) is 30.2. The number of carbonyl (C=O) groups excluding carboxylic acids is 1. The van der Waals surface area contributed by atoms with Crippen molar-refractivity contribution in [2.75, 3.05) is 94.9 Å². The number of aryl methyl sites for hydroxylation is 2. The average molecular weight is 1090 g/mol. The van der Waals surface area contributed by atoms with E-state index in [9.17, 15) is 25.2 Å². The topological polar surface area (TPSA) is 245 Å². The fraction of sp³-hybridized carbons (Fsp3) is 0.300. The van der Waals surface area contributed by atoms with Crippen LogP contribution in [0, 0.1) is 36.5 Å². The molecule has 20 nitrogen and oxygen atoms in total. The first-order valence-corrected chi connectivity index (χ1v) is 25.4. The van der Waals surface area contributed by atoms with Gasteiger partial charge in [-0.2, -0.15) is 20.7 Å². The number of aliphatic hydroxyl groups excluding tert-OH is 1. The van der Waals surface area contributed by atoms with Crippen molar-refractivity contribution in [2.24, 2.45) is 0 Å². The normalized spacial score (nSPS) is 13.1. The van der Waals surface area contributed by atoms with Gasteiger partial charge in [0, 0.05) is 62.4 Å². The van der Waals surface area contributed by atoms with Crippen molar-refractivity contribution in [3.63, 3.8) is 0 Å². The molecule has 2 aliphatic heterocycles. The van der Waals surface area contributed by atoms with E-state index in [0.29, 0.717) is 77.8 Å². The van der Waals surface area contributed by atoms with Gasteiger partial charge < -0.3 is 44.5 Å². The minimum atomic E-state index is -1.04. The third-order valence-electron chi connectivity index (χ3n) is 12.8. The van der Waals surface area contributed by atoms with E-state index in [-0.39, 0.29) is 33.6 Å². The van der Waals surface area contributed by atoms with Crippen LogP contribution in [0.1, 0.15) is 58.6 Å². The Morgan fingerprint density at radius 2 is 1.09 bits per heavy atom. The molecule has 1 amide bonds. The number of ether oxygens (including phenoxy) is 5. The van der Waals surface area contributed by atoms with Gasteiger partial charge in [0.25, 0.3) is 0 Å². The molecular formula is C60H69N11O9. The number of carbonyl (C=O) groups is 2. The number of aromatic nitrogens is 4. The van der Waals surface area contributed by atoms with Gasteiger partial charge in [-0.05, 0) is 79.1 Å². The largest absolute Gasteiger partial charge is 0.489 e. The zero-order chi connectivity index (χ0) is 54.6. The van der Waals surface area contributed by atoms with Crippen LogP contribution in [-0.2, 0) is 27.4 Å². The van der Waals surface area contributed by atoms with E-state index in [1.807, 2.05) is 116 Å². The molecule has 0 bridgehead atoms. The molecule has 4 aromatic heterocycles. The first-order chi connectivity index (χ1) is 38.1. The number of carboxylic acids is 1. The van der Waals surface area contributed by atoms with Gasteiger partial charge in [0.05, 0.1) is 96.4 Å². The molecule has 2 aliphatic rings. The van der Waals surface area contributed by atoms with E-state index >= 15 is 0 Å². The molecule has 20 heteroatoms. The third kappa shape index (κ3) is 16.3. The van der Waals surface area contributed by atoms with Crippen LogP contribution in [0.4, 0.5) is 33.2 Å². The summed E-state index contributed by atoms with van der Waals surface area (Å²) in [6.45, 7) is 13.2. The molecule has 80 heavy (non-hydrogen) atoms. The summed E-state index contributed by atoms with van der Waals surface area (Å²) in [6.07, 6.45) is 5.53. The van der Waals surface area contributed by atoms with Gasteiger partial charge in [0.15, 0.2) is 0 Å². The van der Waals surface area contributed by atoms with Crippen LogP contribution >= 0.6 is 0 Å². The van der Waals surface area contributed by atoms with Crippen LogP contribution < -0.4 is 25.4 Å². The number of β-amino-alcohol motifs (C(OH)–C–C–N with tert-alkyl or cyclic N) is 1. The number of nitrogens with one attached hydrogen (secondary N) is 3. The number of rotatable bonds is 17. The van der Waals surface area contributed by atoms with E-state index in [2.05, 4.69) is 48.1 Å². The molecule has 8 aromatic rings. The van der Waals surface area contributed by atoms with Crippen LogP contribution in [0.3, 0.4) is 0 Å². The monoisotopic (exact) mass is 1090 g/mol. The lowest BCUT2D eigenvalue weighted by Gasteiger charge is -2.26. The zero-order valence-corrected chi connectivity index (χ0v) is 43.4. The third-order valence-corrected chi connectivity index (χ3v) is 12.8. The number of nitriles is 2. The standard InChI is InChI=1S/C29H30N6O4.C23H18N4O3.C6H13NO2.2CH4/c1-21-26(33-29(36)38-16-13-34-11-14-37-15-12-34)19-35-28(21)27(23(17-30)18-31-35)32-24-7-9-25(10-8-24)39-20-22-5-3-2-4-6-22;1-15-20(23(28)29)13-27-22(15)21(17(11-24)12-25-27)26-18-7-9-19(10-8-18)30-14-16-5-3-2-4-6-16;8-4-1-7-2-5-9-6-3-7;;/h2-10,18-19,32H,11-16,20H2,1H3,(H,33,36);2-10,12-13,26H,14H2,1H3,(H,28,29);8H,1-6H2;2*1H4. The molecule has 2 saturated heterocycles. The first kappa shape index (κ1) is 60.2. The molecule has 418 valence electrons. The second-order valence-corrected chi connectivity index (χ2v) is 18.1. The van der Waals surface area contributed by atoms with E-state index < -0.39 is 12.1 Å². The quantitative estimate of drug-likeness (QED) is 0.0569. The first-order valence-electron chi connectivity index (χ1n) is 25.4. The van der Waals surface area contributed by atoms with E-state index in [4.69, 9.17) is 28.8 Å². The van der Waals surface area contributed by atoms with Crippen molar-refractivity contribution in [3.8, 4) is 23.6 Å². The van der Waals surface area contributed by atoms with Gasteiger partial charge in [-0.15, -0.1) is 0 Å². The Morgan fingerprint density at radius 1 is 0.637 bits per heavy atom. The van der Waals surface area contributed by atoms with Crippen LogP contribution in [0.25, 0.3) is 11.0 Å². The summed E-state index contributed by atoms with van der Waals surface area (Å²) in [5.74, 6) is 0.418. The summed E-state index contributed by atoms with van der Waals surface area (Å²) in [4.78, 5) is 28.3. The second-order valence-electron chi connectivity index (χ2n) is 18.1. The van der Waals surface area contributed by atoms with Gasteiger partial charge in [0.1, 0.15) is 43.5 Å². The Hall–Kier alpha value is -9.02. The molecule has 0 radical (unpaired) electrons. The van der Waals surface area contributed by atoms with Gasteiger partial charge in [-0.25, -0.2) is 18.6 Å². The lowest BCUT2D eigenvalue weighted by molar-refractivity contribution is 0.0290. The summed E-state index contributed by atoms with van der Waals surface area (Å²) in [5, 5.41) is 55.1. The molecule has 0 unspecified atom stereocenters. The average Bonchev–Trinajstić information content (AvgIpc) is 4.11. The molecule has 2 fully saturated rings. The van der Waals surface area contributed by atoms with Crippen LogP contribution in [0.2, 0.25) is 0 Å². The van der Waals surface area contributed by atoms with Crippen molar-refractivity contribution in [1.29, 1.82) is 10.5 Å². The Bertz CT molecular complexity index is 3330. The lowest BCUT2D eigenvalue weighted by Crippen LogP contribution is -2.38. The number of hydrogen-bond donors (Lipinski definition) is 5. The van der Waals surface area contributed by atoms with Gasteiger partial charge in [0.2, 0.25) is 0 Å². The number of aliphatic hydroxyl groups is 1. The minimum absolute atomic E-state index is 0. The number of morpholine rings is 2. The van der Waals surface area contributed by atoms with Crippen molar-refractivity contribution in [3.05, 3.63) is 173 Å². The molecule has 10 rings (SSSR count). The van der Waals surface area contributed by atoms with Gasteiger partial charge in [-0.1, -0.05) is 75.5 Å². The highest BCUT2D eigenvalue weighted by atomic mass is 16.5. The van der Waals surface area contributed by atoms with E-state index in [0.717, 1.165) is 85.5 Å². The fourth-order valence-electron chi connectivity index (χ4n) is 8.58. The number of benzene rings is 4. The molecule has 0 atom stereocenters. The number of amides is 1. The SMILES string of the molecule is C.C.Cc1c(C(=O)O)cn2ncc(C#N)c(Nc3ccc(OCc4ccccc4)cc3)c12.Cc1c(NC(=O)OCCN2CCOCC2)cn2ncc(C#N)c(Nc3ccc(OCc4ccccc4)cc3)c12.OCCN1CCOCC1. The molecule has 0 spiro atoms. The predicted molar refractivity (Wildman–Crippen MR) is 307 cm³/mol.